The van der Waals surface area contributed by atoms with Crippen LogP contribution in [0.1, 0.15) is 36.0 Å². The highest BCUT2D eigenvalue weighted by atomic mass is 127. The van der Waals surface area contributed by atoms with Gasteiger partial charge in [0.15, 0.2) is 0 Å². The van der Waals surface area contributed by atoms with E-state index in [0.29, 0.717) is 12.1 Å². The van der Waals surface area contributed by atoms with Crippen LogP contribution in [0.3, 0.4) is 0 Å². The predicted octanol–water partition coefficient (Wildman–Crippen LogP) is 3.15. The van der Waals surface area contributed by atoms with Gasteiger partial charge in [-0.15, -0.1) is 0 Å². The summed E-state index contributed by atoms with van der Waals surface area (Å²) in [5, 5.41) is 0. The summed E-state index contributed by atoms with van der Waals surface area (Å²) in [6, 6.07) is 6.85. The van der Waals surface area contributed by atoms with Gasteiger partial charge in [-0.2, -0.15) is 0 Å². The highest BCUT2D eigenvalue weighted by Crippen LogP contribution is 2.37. The number of amides is 1. The van der Waals surface area contributed by atoms with Gasteiger partial charge in [0.05, 0.1) is 5.56 Å². The van der Waals surface area contributed by atoms with E-state index in [2.05, 4.69) is 43.4 Å². The quantitative estimate of drug-likeness (QED) is 0.690. The average Bonchev–Trinajstić information content (AvgIpc) is 2.64. The van der Waals surface area contributed by atoms with Gasteiger partial charge in [-0.3, -0.25) is 4.79 Å². The molecule has 3 rings (SSSR count). The van der Waals surface area contributed by atoms with Gasteiger partial charge in [0.25, 0.3) is 5.91 Å². The molecule has 2 N–H and O–H groups in total. The predicted molar refractivity (Wildman–Crippen MR) is 87.0 cm³/mol. The molecule has 0 aromatic heterocycles. The van der Waals surface area contributed by atoms with Crippen LogP contribution in [0.5, 0.6) is 0 Å². The summed E-state index contributed by atoms with van der Waals surface area (Å²) in [5.74, 6) is 0.157. The van der Waals surface area contributed by atoms with Crippen LogP contribution in [0.2, 0.25) is 0 Å². The zero-order valence-corrected chi connectivity index (χ0v) is 14.2. The van der Waals surface area contributed by atoms with Crippen LogP contribution in [0, 0.1) is 3.57 Å². The lowest BCUT2D eigenvalue weighted by Gasteiger charge is -2.38. The van der Waals surface area contributed by atoms with Gasteiger partial charge in [0.1, 0.15) is 0 Å². The summed E-state index contributed by atoms with van der Waals surface area (Å²) in [6.45, 7) is 0. The molecule has 19 heavy (non-hydrogen) atoms. The lowest BCUT2D eigenvalue weighted by molar-refractivity contribution is 0.0574. The van der Waals surface area contributed by atoms with E-state index < -0.39 is 0 Å². The number of hydrogen-bond donors (Lipinski definition) is 1. The molecular formula is C14H16BrIN2O. The van der Waals surface area contributed by atoms with Crippen molar-refractivity contribution in [1.29, 1.82) is 0 Å². The van der Waals surface area contributed by atoms with E-state index in [9.17, 15) is 4.79 Å². The monoisotopic (exact) mass is 434 g/mol. The second-order valence-corrected chi connectivity index (χ2v) is 7.55. The minimum absolute atomic E-state index is 0.157. The summed E-state index contributed by atoms with van der Waals surface area (Å²) >= 11 is 5.74. The maximum Gasteiger partial charge on any atom is 0.255 e. The Kier molecular flexibility index (Phi) is 3.88. The van der Waals surface area contributed by atoms with Crippen molar-refractivity contribution >= 4 is 44.4 Å². The highest BCUT2D eigenvalue weighted by Gasteiger charge is 2.42. The van der Waals surface area contributed by atoms with Crippen molar-refractivity contribution in [2.45, 2.75) is 43.8 Å². The molecule has 2 bridgehead atoms. The third-order valence-electron chi connectivity index (χ3n) is 4.16. The van der Waals surface area contributed by atoms with Crippen LogP contribution in [-0.4, -0.2) is 28.9 Å². The lowest BCUT2D eigenvalue weighted by Crippen LogP contribution is -2.50. The number of halogens is 2. The minimum atomic E-state index is 0.157. The smallest absolute Gasteiger partial charge is 0.255 e. The molecule has 0 radical (unpaired) electrons. The van der Waals surface area contributed by atoms with E-state index in [1.54, 1.807) is 0 Å². The van der Waals surface area contributed by atoms with E-state index in [-0.39, 0.29) is 11.9 Å². The van der Waals surface area contributed by atoms with E-state index in [1.165, 1.54) is 0 Å². The fourth-order valence-corrected chi connectivity index (χ4v) is 4.26. The molecule has 3 nitrogen and oxygen atoms in total. The number of carbonyl (C=O) groups is 1. The first-order chi connectivity index (χ1) is 9.06. The summed E-state index contributed by atoms with van der Waals surface area (Å²) in [7, 11) is 0. The molecule has 1 aromatic carbocycles. The Morgan fingerprint density at radius 1 is 1.32 bits per heavy atom. The number of rotatable bonds is 1. The van der Waals surface area contributed by atoms with Gasteiger partial charge in [-0.05, 0) is 82.4 Å². The standard InChI is InChI=1S/C14H16BrIN2O/c15-13-4-1-8(16)5-12(13)14(19)18-10-2-3-11(18)7-9(17)6-10/h1,4-5,9-11H,2-3,6-7,17H2. The molecule has 2 heterocycles. The van der Waals surface area contributed by atoms with Crippen molar-refractivity contribution in [2.24, 2.45) is 5.73 Å². The molecule has 2 saturated heterocycles. The van der Waals surface area contributed by atoms with Crippen LogP contribution in [0.25, 0.3) is 0 Å². The van der Waals surface area contributed by atoms with Crippen LogP contribution in [0.15, 0.2) is 22.7 Å². The number of nitrogens with two attached hydrogens (primary N) is 1. The largest absolute Gasteiger partial charge is 0.333 e. The number of hydrogen-bond acceptors (Lipinski definition) is 2. The maximum atomic E-state index is 12.8. The molecule has 0 spiro atoms. The van der Waals surface area contributed by atoms with Gasteiger partial charge >= 0.3 is 0 Å². The first kappa shape index (κ1) is 13.8. The van der Waals surface area contributed by atoms with Gasteiger partial charge in [0.2, 0.25) is 0 Å². The second kappa shape index (κ2) is 5.33. The zero-order chi connectivity index (χ0) is 13.6. The van der Waals surface area contributed by atoms with Crippen LogP contribution in [0.4, 0.5) is 0 Å². The Bertz CT molecular complexity index is 508. The van der Waals surface area contributed by atoms with Crippen molar-refractivity contribution < 1.29 is 4.79 Å². The van der Waals surface area contributed by atoms with Crippen molar-refractivity contribution in [2.75, 3.05) is 0 Å². The fraction of sp³-hybridized carbons (Fsp3) is 0.500. The molecule has 0 aliphatic carbocycles. The first-order valence-electron chi connectivity index (χ1n) is 6.59. The zero-order valence-electron chi connectivity index (χ0n) is 10.5. The molecule has 102 valence electrons. The van der Waals surface area contributed by atoms with Gasteiger partial charge < -0.3 is 10.6 Å². The van der Waals surface area contributed by atoms with E-state index in [0.717, 1.165) is 39.3 Å². The molecule has 2 aliphatic heterocycles. The molecular weight excluding hydrogens is 419 g/mol. The SMILES string of the molecule is NC1CC2CCC(C1)N2C(=O)c1cc(I)ccc1Br. The minimum Gasteiger partial charge on any atom is -0.333 e. The van der Waals surface area contributed by atoms with Gasteiger partial charge in [-0.25, -0.2) is 0 Å². The maximum absolute atomic E-state index is 12.8. The molecule has 2 fully saturated rings. The van der Waals surface area contributed by atoms with Crippen LogP contribution < -0.4 is 5.73 Å². The molecule has 1 aromatic rings. The van der Waals surface area contributed by atoms with Crippen molar-refractivity contribution in [3.63, 3.8) is 0 Å². The third kappa shape index (κ3) is 2.56. The van der Waals surface area contributed by atoms with Crippen molar-refractivity contribution in [3.8, 4) is 0 Å². The summed E-state index contributed by atoms with van der Waals surface area (Å²) in [4.78, 5) is 14.9. The Hall–Kier alpha value is -0.140. The number of carbonyl (C=O) groups excluding carboxylic acids is 1. The third-order valence-corrected chi connectivity index (χ3v) is 5.53. The van der Waals surface area contributed by atoms with Crippen LogP contribution >= 0.6 is 38.5 Å². The van der Waals surface area contributed by atoms with Gasteiger partial charge in [0, 0.05) is 26.2 Å². The molecule has 0 saturated carbocycles. The lowest BCUT2D eigenvalue weighted by atomic mass is 9.97. The van der Waals surface area contributed by atoms with Crippen molar-refractivity contribution in [1.82, 2.24) is 4.90 Å². The van der Waals surface area contributed by atoms with E-state index >= 15 is 0 Å². The number of benzene rings is 1. The second-order valence-electron chi connectivity index (χ2n) is 5.45. The topological polar surface area (TPSA) is 46.3 Å². The number of fused-ring (bicyclic) bond motifs is 2. The van der Waals surface area contributed by atoms with Crippen LogP contribution in [-0.2, 0) is 0 Å². The number of piperidine rings is 1. The Morgan fingerprint density at radius 2 is 1.95 bits per heavy atom. The highest BCUT2D eigenvalue weighted by molar-refractivity contribution is 14.1. The Balaban J connectivity index is 1.90. The molecule has 1 amide bonds. The van der Waals surface area contributed by atoms with E-state index in [4.69, 9.17) is 5.73 Å². The Labute approximate surface area is 135 Å². The summed E-state index contributed by atoms with van der Waals surface area (Å²) < 4.78 is 1.97. The molecule has 2 atom stereocenters. The summed E-state index contributed by atoms with van der Waals surface area (Å²) in [6.07, 6.45) is 4.10. The Morgan fingerprint density at radius 3 is 2.58 bits per heavy atom. The average molecular weight is 435 g/mol. The van der Waals surface area contributed by atoms with Crippen molar-refractivity contribution in [3.05, 3.63) is 31.8 Å². The number of nitrogens with zero attached hydrogens (tertiary/aromatic N) is 1. The van der Waals surface area contributed by atoms with Gasteiger partial charge in [-0.1, -0.05) is 0 Å². The molecule has 2 aliphatic rings. The summed E-state index contributed by atoms with van der Waals surface area (Å²) in [5.41, 5.74) is 6.84. The first-order valence-corrected chi connectivity index (χ1v) is 8.46. The fourth-order valence-electron chi connectivity index (χ4n) is 3.35. The van der Waals surface area contributed by atoms with E-state index in [1.807, 2.05) is 18.2 Å². The molecule has 2 unspecified atom stereocenters. The normalized spacial score (nSPS) is 29.6. The molecule has 5 heteroatoms.